The van der Waals surface area contributed by atoms with Gasteiger partial charge < -0.3 is 24.1 Å². The molecule has 0 amide bonds. The van der Waals surface area contributed by atoms with E-state index in [-0.39, 0.29) is 21.6 Å². The summed E-state index contributed by atoms with van der Waals surface area (Å²) in [5, 5.41) is 11.8. The molecule has 4 atom stereocenters. The summed E-state index contributed by atoms with van der Waals surface area (Å²) in [6, 6.07) is 29.4. The van der Waals surface area contributed by atoms with Gasteiger partial charge in [-0.3, -0.25) is 4.18 Å². The second-order valence-electron chi connectivity index (χ2n) is 10.4. The van der Waals surface area contributed by atoms with Gasteiger partial charge in [0.15, 0.2) is 12.2 Å². The molecule has 0 aliphatic carbocycles. The molecule has 0 radical (unpaired) electrons. The lowest BCUT2D eigenvalue weighted by Crippen LogP contribution is -2.50. The molecule has 4 aromatic carbocycles. The Morgan fingerprint density at radius 1 is 0.717 bits per heavy atom. The van der Waals surface area contributed by atoms with Crippen LogP contribution in [-0.2, 0) is 33.2 Å². The van der Waals surface area contributed by atoms with Crippen LogP contribution in [0.25, 0.3) is 0 Å². The molecule has 1 aliphatic rings. The Kier molecular flexibility index (Phi) is 9.93. The minimum Gasteiger partial charge on any atom is -0.459 e. The summed E-state index contributed by atoms with van der Waals surface area (Å²) in [5.41, 5.74) is 1.24. The fourth-order valence-electron chi connectivity index (χ4n) is 4.67. The summed E-state index contributed by atoms with van der Waals surface area (Å²) < 4.78 is 54.8. The van der Waals surface area contributed by atoms with Crippen LogP contribution in [0.2, 0.25) is 0 Å². The van der Waals surface area contributed by atoms with Crippen LogP contribution in [0.15, 0.2) is 120 Å². The number of aliphatic hydroxyl groups is 1. The van der Waals surface area contributed by atoms with Crippen LogP contribution in [0.5, 0.6) is 0 Å². The van der Waals surface area contributed by atoms with Crippen molar-refractivity contribution in [2.24, 2.45) is 0 Å². The molecule has 1 fully saturated rings. The molecule has 0 aromatic heterocycles. The highest BCUT2D eigenvalue weighted by molar-refractivity contribution is 7.86. The number of rotatable bonds is 11. The van der Waals surface area contributed by atoms with Gasteiger partial charge in [0, 0.05) is 0 Å². The van der Waals surface area contributed by atoms with Crippen molar-refractivity contribution in [1.29, 1.82) is 0 Å². The van der Waals surface area contributed by atoms with Crippen molar-refractivity contribution >= 4 is 28.0 Å². The summed E-state index contributed by atoms with van der Waals surface area (Å²) in [6.07, 6.45) is -5.11. The maximum Gasteiger partial charge on any atom is 0.338 e. The average molecular weight is 647 g/mol. The third kappa shape index (κ3) is 7.66. The number of hydrogen-bond donors (Lipinski definition) is 1. The number of carbonyl (C=O) groups is 3. The summed E-state index contributed by atoms with van der Waals surface area (Å²) >= 11 is 0. The fourth-order valence-corrected chi connectivity index (χ4v) is 5.78. The highest BCUT2D eigenvalue weighted by atomic mass is 32.2. The highest BCUT2D eigenvalue weighted by Crippen LogP contribution is 2.37. The van der Waals surface area contributed by atoms with Crippen molar-refractivity contribution in [1.82, 2.24) is 0 Å². The van der Waals surface area contributed by atoms with Crippen molar-refractivity contribution < 1.29 is 51.0 Å². The molecule has 4 unspecified atom stereocenters. The van der Waals surface area contributed by atoms with Gasteiger partial charge in [-0.15, -0.1) is 0 Å². The minimum absolute atomic E-state index is 0.105. The molecule has 238 valence electrons. The van der Waals surface area contributed by atoms with Crippen LogP contribution < -0.4 is 0 Å². The van der Waals surface area contributed by atoms with Crippen LogP contribution in [-0.4, -0.2) is 68.7 Å². The normalized spacial score (nSPS) is 20.9. The van der Waals surface area contributed by atoms with Gasteiger partial charge in [0.1, 0.15) is 19.3 Å². The fraction of sp³-hybridized carbons (Fsp3) is 0.206. The summed E-state index contributed by atoms with van der Waals surface area (Å²) in [5.74, 6) is -5.20. The first kappa shape index (κ1) is 32.5. The van der Waals surface area contributed by atoms with Crippen molar-refractivity contribution in [2.75, 3.05) is 13.2 Å². The Labute approximate surface area is 265 Å². The van der Waals surface area contributed by atoms with Crippen LogP contribution in [0.3, 0.4) is 0 Å². The third-order valence-electron chi connectivity index (χ3n) is 7.07. The molecule has 46 heavy (non-hydrogen) atoms. The molecule has 0 saturated carbocycles. The Morgan fingerprint density at radius 3 is 1.72 bits per heavy atom. The van der Waals surface area contributed by atoms with Crippen molar-refractivity contribution in [3.05, 3.63) is 138 Å². The van der Waals surface area contributed by atoms with Crippen LogP contribution in [0, 0.1) is 6.92 Å². The van der Waals surface area contributed by atoms with Crippen LogP contribution in [0.1, 0.15) is 36.6 Å². The van der Waals surface area contributed by atoms with Gasteiger partial charge >= 0.3 is 17.9 Å². The van der Waals surface area contributed by atoms with Gasteiger partial charge in [0.2, 0.25) is 5.79 Å². The number of carbonyl (C=O) groups excluding carboxylic acids is 3. The topological polar surface area (TPSA) is 152 Å². The monoisotopic (exact) mass is 646 g/mol. The predicted octanol–water partition coefficient (Wildman–Crippen LogP) is 4.10. The molecule has 5 rings (SSSR count). The zero-order valence-corrected chi connectivity index (χ0v) is 25.4. The number of ether oxygens (including phenoxy) is 4. The van der Waals surface area contributed by atoms with E-state index in [9.17, 15) is 27.9 Å². The molecule has 12 heteroatoms. The molecule has 11 nitrogen and oxygen atoms in total. The van der Waals surface area contributed by atoms with E-state index in [0.717, 1.165) is 5.56 Å². The van der Waals surface area contributed by atoms with E-state index in [0.29, 0.717) is 0 Å². The molecule has 4 aromatic rings. The lowest BCUT2D eigenvalue weighted by atomic mass is 10.1. The van der Waals surface area contributed by atoms with Gasteiger partial charge in [0.05, 0.1) is 21.6 Å². The first-order valence-electron chi connectivity index (χ1n) is 14.2. The number of hydrogen-bond acceptors (Lipinski definition) is 11. The van der Waals surface area contributed by atoms with E-state index in [1.807, 2.05) is 0 Å². The highest BCUT2D eigenvalue weighted by Gasteiger charge is 2.60. The van der Waals surface area contributed by atoms with E-state index < -0.39 is 65.3 Å². The summed E-state index contributed by atoms with van der Waals surface area (Å²) in [6.45, 7) is 0.236. The molecular formula is C34H30O11S. The van der Waals surface area contributed by atoms with E-state index in [1.54, 1.807) is 73.7 Å². The van der Waals surface area contributed by atoms with E-state index >= 15 is 0 Å². The lowest BCUT2D eigenvalue weighted by molar-refractivity contribution is -0.242. The van der Waals surface area contributed by atoms with E-state index in [4.69, 9.17) is 23.1 Å². The lowest BCUT2D eigenvalue weighted by Gasteiger charge is -2.29. The van der Waals surface area contributed by atoms with Gasteiger partial charge in [-0.05, 0) is 55.5 Å². The summed E-state index contributed by atoms with van der Waals surface area (Å²) in [7, 11) is -4.63. The first-order chi connectivity index (χ1) is 22.1. The van der Waals surface area contributed by atoms with Gasteiger partial charge in [-0.1, -0.05) is 72.3 Å². The smallest absolute Gasteiger partial charge is 0.338 e. The standard InChI is InChI=1S/C34H30O11S/c1-23-17-19-27(20-18-23)46(39,40)45-30-29(43-33(37)26-15-9-4-10-16-26)28(21-41-31(35)24-11-5-2-6-12-24)44-34(30,38)22-42-32(36)25-13-7-3-8-14-25/h2-20,28-30,38H,21-22H2,1H3. The molecule has 1 N–H and O–H groups in total. The van der Waals surface area contributed by atoms with Crippen molar-refractivity contribution in [2.45, 2.75) is 35.9 Å². The SMILES string of the molecule is Cc1ccc(S(=O)(=O)OC2C(OC(=O)c3ccccc3)C(COC(=O)c3ccccc3)OC2(O)COC(=O)c2ccccc2)cc1. The molecule has 0 bridgehead atoms. The van der Waals surface area contributed by atoms with Crippen LogP contribution >= 0.6 is 0 Å². The van der Waals surface area contributed by atoms with Gasteiger partial charge in [0.25, 0.3) is 10.1 Å². The van der Waals surface area contributed by atoms with Gasteiger partial charge in [-0.2, -0.15) is 8.42 Å². The molecular weight excluding hydrogens is 616 g/mol. The second kappa shape index (κ2) is 14.0. The number of esters is 3. The Hall–Kier alpha value is -4.88. The second-order valence-corrected chi connectivity index (χ2v) is 12.0. The molecule has 1 aliphatic heterocycles. The first-order valence-corrected chi connectivity index (χ1v) is 15.6. The quantitative estimate of drug-likeness (QED) is 0.142. The maximum absolute atomic E-state index is 13.5. The zero-order chi connectivity index (χ0) is 32.7. The Balaban J connectivity index is 1.48. The van der Waals surface area contributed by atoms with E-state index in [1.165, 1.54) is 48.5 Å². The maximum atomic E-state index is 13.5. The van der Waals surface area contributed by atoms with E-state index in [2.05, 4.69) is 0 Å². The molecule has 1 saturated heterocycles. The molecule has 1 heterocycles. The Morgan fingerprint density at radius 2 is 1.20 bits per heavy atom. The average Bonchev–Trinajstić information content (AvgIpc) is 3.33. The summed E-state index contributed by atoms with van der Waals surface area (Å²) in [4.78, 5) is 38.5. The molecule has 0 spiro atoms. The predicted molar refractivity (Wildman–Crippen MR) is 162 cm³/mol. The zero-order valence-electron chi connectivity index (χ0n) is 24.6. The van der Waals surface area contributed by atoms with Crippen molar-refractivity contribution in [3.8, 4) is 0 Å². The minimum atomic E-state index is -4.63. The number of aryl methyl sites for hydroxylation is 1. The Bertz CT molecular complexity index is 1760. The van der Waals surface area contributed by atoms with Crippen LogP contribution in [0.4, 0.5) is 0 Å². The van der Waals surface area contributed by atoms with Crippen molar-refractivity contribution in [3.63, 3.8) is 0 Å². The largest absolute Gasteiger partial charge is 0.459 e. The van der Waals surface area contributed by atoms with Gasteiger partial charge in [-0.25, -0.2) is 14.4 Å². The number of benzene rings is 4. The third-order valence-corrected chi connectivity index (χ3v) is 8.38.